The van der Waals surface area contributed by atoms with Gasteiger partial charge in [0.25, 0.3) is 0 Å². The highest BCUT2D eigenvalue weighted by Gasteiger charge is 2.41. The highest BCUT2D eigenvalue weighted by Crippen LogP contribution is 2.55. The lowest BCUT2D eigenvalue weighted by atomic mass is 9.85. The second kappa shape index (κ2) is 44.1. The number of carbonyl (C=O) groups is 7. The maximum Gasteiger partial charge on any atom is 0.312 e. The predicted molar refractivity (Wildman–Crippen MR) is 521 cm³/mol. The van der Waals surface area contributed by atoms with E-state index in [1.807, 2.05) is 12.1 Å². The van der Waals surface area contributed by atoms with Crippen LogP contribution in [0.5, 0.6) is 184 Å². The molecule has 768 valence electrons. The van der Waals surface area contributed by atoms with Crippen LogP contribution < -0.4 is 56.8 Å². The molecule has 0 saturated heterocycles. The Morgan fingerprint density at radius 2 is 0.356 bits per heavy atom. The standard InChI is InChI=1S/4C16H14O6.C16H14O5.2C15H12O5/c2*1-21-13-3-2-8(4-11(13)18)10-7-15(20)22-14-6-9(17)5-12(19)16(10)14;2*1-21-13-4-8(2-3-11(13)18)10-7-15(20)22-14-6-9(17)5-12(19)16(10)14;1-20-11-4-2-9(3-5-11)12-8-15(19)21-14-7-10(17)6-13(18)16(12)14;2*16-9-3-1-8(2-4-9)11-7-14(19)20-13-6-10(17)5-12(18)15(11)13/h4*2-6,10,17-19H,7H2,1H3;2-7,12,17-18H,8H2,1H3;2*1-6,11,16-18H,7H2/t4*10-;12-;2*11-/m1010010/s1. The Hall–Kier alpha value is -19.6. The van der Waals surface area contributed by atoms with Gasteiger partial charge in [0.1, 0.15) is 138 Å². The molecule has 7 atom stereocenters. The number of methoxy groups -OCH3 is 5. The fourth-order valence-corrected chi connectivity index (χ4v) is 18.2. The molecular formula is C110H94O39. The van der Waals surface area contributed by atoms with Crippen LogP contribution in [0.2, 0.25) is 0 Å². The largest absolute Gasteiger partial charge is 0.508 e. The van der Waals surface area contributed by atoms with Crippen molar-refractivity contribution in [3.63, 3.8) is 0 Å². The van der Waals surface area contributed by atoms with E-state index in [0.29, 0.717) is 78.4 Å². The van der Waals surface area contributed by atoms with Gasteiger partial charge in [0.15, 0.2) is 46.0 Å². The van der Waals surface area contributed by atoms with E-state index in [4.69, 9.17) is 56.8 Å². The molecule has 0 fully saturated rings. The molecule has 149 heavy (non-hydrogen) atoms. The summed E-state index contributed by atoms with van der Waals surface area (Å²) in [6.45, 7) is 0. The molecule has 0 amide bonds. The maximum absolute atomic E-state index is 11.8. The molecule has 39 nitrogen and oxygen atoms in total. The van der Waals surface area contributed by atoms with Crippen LogP contribution in [0, 0.1) is 0 Å². The van der Waals surface area contributed by atoms with Crippen LogP contribution in [-0.2, 0) is 33.6 Å². The molecule has 7 aliphatic heterocycles. The van der Waals surface area contributed by atoms with Crippen molar-refractivity contribution in [3.8, 4) is 184 Å². The summed E-state index contributed by atoms with van der Waals surface area (Å²) in [6, 6.07) is 56.6. The Bertz CT molecular complexity index is 7150. The molecule has 0 radical (unpaired) electrons. The molecule has 21 rings (SSSR count). The summed E-state index contributed by atoms with van der Waals surface area (Å²) in [5.74, 6) is -5.20. The second-order valence-electron chi connectivity index (χ2n) is 34.4. The van der Waals surface area contributed by atoms with Crippen molar-refractivity contribution in [3.05, 3.63) is 308 Å². The van der Waals surface area contributed by atoms with E-state index < -0.39 is 65.5 Å². The Balaban J connectivity index is 0.000000130. The summed E-state index contributed by atoms with van der Waals surface area (Å²) >= 11 is 0. The molecule has 7 aliphatic rings. The van der Waals surface area contributed by atoms with Gasteiger partial charge in [0, 0.05) is 165 Å². The van der Waals surface area contributed by atoms with Crippen molar-refractivity contribution in [2.45, 2.75) is 86.4 Å². The third kappa shape index (κ3) is 23.3. The molecular weight excluding hydrogens is 1950 g/mol. The van der Waals surface area contributed by atoms with Crippen molar-refractivity contribution >= 4 is 41.8 Å². The van der Waals surface area contributed by atoms with E-state index in [9.17, 15) is 136 Å². The molecule has 14 aromatic rings. The third-order valence-electron chi connectivity index (χ3n) is 24.9. The van der Waals surface area contributed by atoms with Crippen LogP contribution in [0.1, 0.15) is 164 Å². The first kappa shape index (κ1) is 104. The molecule has 20 N–H and O–H groups in total. The third-order valence-corrected chi connectivity index (χ3v) is 24.9. The number of carbonyl (C=O) groups excluding carboxylic acids is 7. The van der Waals surface area contributed by atoms with Gasteiger partial charge in [-0.2, -0.15) is 0 Å². The monoisotopic (exact) mass is 2040 g/mol. The summed E-state index contributed by atoms with van der Waals surface area (Å²) in [7, 11) is 7.32. The van der Waals surface area contributed by atoms with Crippen LogP contribution in [0.25, 0.3) is 0 Å². The number of benzene rings is 14. The molecule has 0 aliphatic carbocycles. The molecule has 0 spiro atoms. The molecule has 39 heteroatoms. The second-order valence-corrected chi connectivity index (χ2v) is 34.4. The predicted octanol–water partition coefficient (Wildman–Crippen LogP) is 16.0. The first-order chi connectivity index (χ1) is 71.1. The maximum atomic E-state index is 11.8. The minimum absolute atomic E-state index is 0.0141. The zero-order valence-corrected chi connectivity index (χ0v) is 79.1. The Morgan fingerprint density at radius 1 is 0.174 bits per heavy atom. The van der Waals surface area contributed by atoms with E-state index in [0.717, 1.165) is 16.7 Å². The molecule has 0 unspecified atom stereocenters. The van der Waals surface area contributed by atoms with Crippen LogP contribution in [0.4, 0.5) is 0 Å². The van der Waals surface area contributed by atoms with Crippen molar-refractivity contribution in [1.82, 2.24) is 0 Å². The summed E-state index contributed by atoms with van der Waals surface area (Å²) in [6.07, 6.45) is 0.455. The number of rotatable bonds is 12. The number of hydrogen-bond acceptors (Lipinski definition) is 39. The number of ether oxygens (including phenoxy) is 12. The molecule has 0 aromatic heterocycles. The number of fused-ring (bicyclic) bond motifs is 7. The molecule has 14 aromatic carbocycles. The van der Waals surface area contributed by atoms with Crippen LogP contribution in [0.3, 0.4) is 0 Å². The van der Waals surface area contributed by atoms with Gasteiger partial charge < -0.3 is 159 Å². The summed E-state index contributed by atoms with van der Waals surface area (Å²) in [4.78, 5) is 82.2. The summed E-state index contributed by atoms with van der Waals surface area (Å²) in [5.41, 5.74) is 8.17. The van der Waals surface area contributed by atoms with E-state index >= 15 is 0 Å². The van der Waals surface area contributed by atoms with Crippen molar-refractivity contribution in [2.24, 2.45) is 0 Å². The van der Waals surface area contributed by atoms with E-state index in [1.165, 1.54) is 162 Å². The SMILES string of the molecule is COc1cc([C@@H]2CC(=O)Oc3cc(O)cc(O)c32)ccc1O.COc1cc([C@H]2CC(=O)Oc3cc(O)cc(O)c32)ccc1O.COc1ccc([C@@H]2CC(=O)Oc3cc(O)cc(O)c32)cc1.COc1ccc([C@@H]2CC(=O)Oc3cc(O)cc(O)c32)cc1O.COc1ccc([C@H]2CC(=O)Oc3cc(O)cc(O)c32)cc1O.O=C1C[C@@H](c2ccc(O)cc2)c2c(O)cc(O)cc2O1.O=C1C[C@H](c2ccc(O)cc2)c2c(O)cc(O)cc2O1. The average molecular weight is 2040 g/mol. The highest BCUT2D eigenvalue weighted by atomic mass is 16.6. The average Bonchev–Trinajstić information content (AvgIpc) is 0.775. The number of aromatic hydroxyl groups is 20. The van der Waals surface area contributed by atoms with Crippen LogP contribution >= 0.6 is 0 Å². The number of phenolic OH excluding ortho intramolecular Hbond substituents is 20. The fourth-order valence-electron chi connectivity index (χ4n) is 18.2. The van der Waals surface area contributed by atoms with Crippen molar-refractivity contribution in [1.29, 1.82) is 0 Å². The van der Waals surface area contributed by atoms with Gasteiger partial charge in [-0.15, -0.1) is 0 Å². The van der Waals surface area contributed by atoms with Gasteiger partial charge in [-0.25, -0.2) is 0 Å². The number of phenols is 20. The lowest BCUT2D eigenvalue weighted by Crippen LogP contribution is -2.21. The number of hydrogen-bond donors (Lipinski definition) is 20. The van der Waals surface area contributed by atoms with Crippen molar-refractivity contribution < 1.29 is 193 Å². The normalized spacial score (nSPS) is 17.0. The molecule has 7 heterocycles. The lowest BCUT2D eigenvalue weighted by molar-refractivity contribution is -0.136. The number of esters is 7. The topological polar surface area (TPSA) is 635 Å². The highest BCUT2D eigenvalue weighted by molar-refractivity contribution is 5.85. The smallest absolute Gasteiger partial charge is 0.312 e. The van der Waals surface area contributed by atoms with E-state index in [2.05, 4.69) is 0 Å². The first-order valence-corrected chi connectivity index (χ1v) is 45.2. The molecule has 0 bridgehead atoms. The lowest BCUT2D eigenvalue weighted by Gasteiger charge is -2.26. The van der Waals surface area contributed by atoms with Gasteiger partial charge >= 0.3 is 41.8 Å². The Kier molecular flexibility index (Phi) is 30.7. The zero-order valence-electron chi connectivity index (χ0n) is 79.1. The van der Waals surface area contributed by atoms with E-state index in [-0.39, 0.29) is 229 Å². The Morgan fingerprint density at radius 3 is 0.550 bits per heavy atom. The first-order valence-electron chi connectivity index (χ1n) is 45.2. The van der Waals surface area contributed by atoms with Crippen molar-refractivity contribution in [2.75, 3.05) is 35.5 Å². The zero-order chi connectivity index (χ0) is 107. The Labute approximate surface area is 844 Å². The summed E-state index contributed by atoms with van der Waals surface area (Å²) < 4.78 is 60.8. The van der Waals surface area contributed by atoms with Gasteiger partial charge in [0.05, 0.1) is 80.5 Å². The van der Waals surface area contributed by atoms with Gasteiger partial charge in [-0.05, 0) is 124 Å². The van der Waals surface area contributed by atoms with Crippen LogP contribution in [-0.4, -0.2) is 179 Å². The van der Waals surface area contributed by atoms with E-state index in [1.54, 1.807) is 92.0 Å². The minimum Gasteiger partial charge on any atom is -0.508 e. The molecule has 0 saturated carbocycles. The summed E-state index contributed by atoms with van der Waals surface area (Å²) in [5, 5.41) is 195. The minimum atomic E-state index is -0.478. The van der Waals surface area contributed by atoms with Gasteiger partial charge in [-0.1, -0.05) is 60.7 Å². The van der Waals surface area contributed by atoms with Crippen LogP contribution in [0.15, 0.2) is 231 Å². The van der Waals surface area contributed by atoms with Gasteiger partial charge in [0.2, 0.25) is 0 Å². The fraction of sp³-hybridized carbons (Fsp3) is 0.173. The van der Waals surface area contributed by atoms with Gasteiger partial charge in [-0.3, -0.25) is 33.6 Å². The quantitative estimate of drug-likeness (QED) is 0.0399.